The van der Waals surface area contributed by atoms with E-state index >= 15 is 0 Å². The van der Waals surface area contributed by atoms with Crippen LogP contribution in [0.15, 0.2) is 0 Å². The van der Waals surface area contributed by atoms with E-state index in [0.717, 1.165) is 6.42 Å². The smallest absolute Gasteiger partial charge is 0.113 e. The topological polar surface area (TPSA) is 12.0 Å². The van der Waals surface area contributed by atoms with Crippen molar-refractivity contribution in [2.24, 2.45) is 0 Å². The summed E-state index contributed by atoms with van der Waals surface area (Å²) in [7, 11) is 1.74. The maximum Gasteiger partial charge on any atom is 0.113 e. The van der Waals surface area contributed by atoms with Crippen molar-refractivity contribution in [3.8, 4) is 12.3 Å². The minimum absolute atomic E-state index is 0. The minimum atomic E-state index is -0.738. The van der Waals surface area contributed by atoms with Crippen LogP contribution in [0, 0.1) is 12.3 Å². The lowest BCUT2D eigenvalue weighted by Gasteiger charge is -2.04. The zero-order valence-corrected chi connectivity index (χ0v) is 7.59. The maximum atomic E-state index is 12.6. The fraction of sp³-hybridized carbons (Fsp3) is 0.750. The number of hydrogen-bond donors (Lipinski definition) is 1. The van der Waals surface area contributed by atoms with E-state index in [1.165, 1.54) is 0 Å². The molecule has 0 radical (unpaired) electrons. The largest absolute Gasteiger partial charge is 0.317 e. The van der Waals surface area contributed by atoms with E-state index in [0.29, 0.717) is 19.4 Å². The Balaban J connectivity index is 0. The Morgan fingerprint density at radius 1 is 1.64 bits per heavy atom. The van der Waals surface area contributed by atoms with Crippen molar-refractivity contribution < 1.29 is 4.39 Å². The van der Waals surface area contributed by atoms with Crippen molar-refractivity contribution in [1.82, 2.24) is 5.32 Å². The van der Waals surface area contributed by atoms with Gasteiger partial charge in [0.1, 0.15) is 6.17 Å². The molecule has 0 saturated carbocycles. The van der Waals surface area contributed by atoms with Crippen molar-refractivity contribution in [3.05, 3.63) is 0 Å². The highest BCUT2D eigenvalue weighted by Gasteiger charge is 2.02. The van der Waals surface area contributed by atoms with Crippen LogP contribution in [-0.4, -0.2) is 19.8 Å². The first-order chi connectivity index (χ1) is 4.81. The van der Waals surface area contributed by atoms with Crippen LogP contribution in [0.25, 0.3) is 0 Å². The molecule has 3 heteroatoms. The van der Waals surface area contributed by atoms with Gasteiger partial charge >= 0.3 is 0 Å². The summed E-state index contributed by atoms with van der Waals surface area (Å²) in [6.07, 6.45) is 6.31. The molecular weight excluding hydrogens is 165 g/mol. The van der Waals surface area contributed by atoms with Crippen LogP contribution < -0.4 is 5.32 Å². The molecule has 0 aromatic heterocycles. The van der Waals surface area contributed by atoms with Crippen LogP contribution in [0.5, 0.6) is 0 Å². The van der Waals surface area contributed by atoms with E-state index in [4.69, 9.17) is 6.42 Å². The van der Waals surface area contributed by atoms with Gasteiger partial charge in [0.15, 0.2) is 0 Å². The molecule has 0 fully saturated rings. The van der Waals surface area contributed by atoms with Crippen LogP contribution in [0.2, 0.25) is 0 Å². The summed E-state index contributed by atoms with van der Waals surface area (Å²) < 4.78 is 12.6. The molecular formula is C8H15ClFN. The predicted octanol–water partition coefficient (Wildman–Crippen LogP) is 1.77. The summed E-state index contributed by atoms with van der Waals surface area (Å²) in [5.41, 5.74) is 0. The predicted molar refractivity (Wildman–Crippen MR) is 48.8 cm³/mol. The molecule has 1 unspecified atom stereocenters. The van der Waals surface area contributed by atoms with Crippen molar-refractivity contribution in [2.75, 3.05) is 13.6 Å². The van der Waals surface area contributed by atoms with Gasteiger partial charge in [-0.2, -0.15) is 0 Å². The second kappa shape index (κ2) is 9.74. The Labute approximate surface area is 74.2 Å². The average Bonchev–Trinajstić information content (AvgIpc) is 1.89. The molecule has 0 rings (SSSR count). The zero-order chi connectivity index (χ0) is 7.82. The number of hydrogen-bond acceptors (Lipinski definition) is 1. The molecule has 0 aliphatic heterocycles. The van der Waals surface area contributed by atoms with E-state index in [-0.39, 0.29) is 12.4 Å². The van der Waals surface area contributed by atoms with E-state index in [2.05, 4.69) is 11.2 Å². The average molecular weight is 180 g/mol. The first-order valence-corrected chi connectivity index (χ1v) is 3.53. The molecule has 0 aliphatic carbocycles. The van der Waals surface area contributed by atoms with E-state index in [1.54, 1.807) is 7.05 Å². The van der Waals surface area contributed by atoms with E-state index in [1.807, 2.05) is 0 Å². The molecule has 0 saturated heterocycles. The van der Waals surface area contributed by atoms with Crippen molar-refractivity contribution in [3.63, 3.8) is 0 Å². The van der Waals surface area contributed by atoms with Gasteiger partial charge in [0, 0.05) is 13.0 Å². The SMILES string of the molecule is C#CCCCC(F)CNC.Cl. The zero-order valence-electron chi connectivity index (χ0n) is 6.77. The first kappa shape index (κ1) is 13.3. The fourth-order valence-corrected chi connectivity index (χ4v) is 0.749. The van der Waals surface area contributed by atoms with Crippen molar-refractivity contribution >= 4 is 12.4 Å². The second-order valence-corrected chi connectivity index (χ2v) is 2.25. The lowest BCUT2D eigenvalue weighted by Crippen LogP contribution is -2.19. The van der Waals surface area contributed by atoms with Crippen molar-refractivity contribution in [2.45, 2.75) is 25.4 Å². The number of unbranched alkanes of at least 4 members (excludes halogenated alkanes) is 1. The number of alkyl halides is 1. The highest BCUT2D eigenvalue weighted by atomic mass is 35.5. The molecule has 1 nitrogen and oxygen atoms in total. The molecule has 1 atom stereocenters. The van der Waals surface area contributed by atoms with Gasteiger partial charge < -0.3 is 5.32 Å². The van der Waals surface area contributed by atoms with Gasteiger partial charge in [-0.15, -0.1) is 24.8 Å². The molecule has 0 amide bonds. The fourth-order valence-electron chi connectivity index (χ4n) is 0.749. The summed E-state index contributed by atoms with van der Waals surface area (Å²) in [6, 6.07) is 0. The first-order valence-electron chi connectivity index (χ1n) is 3.53. The monoisotopic (exact) mass is 179 g/mol. The van der Waals surface area contributed by atoms with Gasteiger partial charge in [0.2, 0.25) is 0 Å². The van der Waals surface area contributed by atoms with Crippen LogP contribution in [0.4, 0.5) is 4.39 Å². The Morgan fingerprint density at radius 3 is 2.73 bits per heavy atom. The lowest BCUT2D eigenvalue weighted by atomic mass is 10.2. The van der Waals surface area contributed by atoms with Crippen LogP contribution in [0.3, 0.4) is 0 Å². The summed E-state index contributed by atoms with van der Waals surface area (Å²) in [6.45, 7) is 0.435. The van der Waals surface area contributed by atoms with Crippen LogP contribution >= 0.6 is 12.4 Å². The third-order valence-corrected chi connectivity index (χ3v) is 1.26. The third kappa shape index (κ3) is 9.74. The molecule has 0 spiro atoms. The molecule has 0 heterocycles. The second-order valence-electron chi connectivity index (χ2n) is 2.25. The van der Waals surface area contributed by atoms with Gasteiger partial charge in [-0.05, 0) is 19.9 Å². The highest BCUT2D eigenvalue weighted by Crippen LogP contribution is 2.02. The number of terminal acetylenes is 1. The number of halogens is 2. The molecule has 11 heavy (non-hydrogen) atoms. The lowest BCUT2D eigenvalue weighted by molar-refractivity contribution is 0.303. The van der Waals surface area contributed by atoms with E-state index in [9.17, 15) is 4.39 Å². The Hall–Kier alpha value is -0.260. The summed E-state index contributed by atoms with van der Waals surface area (Å²) >= 11 is 0. The Morgan fingerprint density at radius 2 is 2.27 bits per heavy atom. The van der Waals surface area contributed by atoms with Crippen molar-refractivity contribution in [1.29, 1.82) is 0 Å². The van der Waals surface area contributed by atoms with E-state index < -0.39 is 6.17 Å². The molecule has 0 aromatic carbocycles. The van der Waals surface area contributed by atoms with Gasteiger partial charge in [0.25, 0.3) is 0 Å². The molecule has 0 bridgehead atoms. The van der Waals surface area contributed by atoms with Gasteiger partial charge in [-0.3, -0.25) is 0 Å². The number of rotatable bonds is 5. The minimum Gasteiger partial charge on any atom is -0.317 e. The van der Waals surface area contributed by atoms with Crippen LogP contribution in [-0.2, 0) is 0 Å². The molecule has 0 aliphatic rings. The molecule has 66 valence electrons. The highest BCUT2D eigenvalue weighted by molar-refractivity contribution is 5.85. The molecule has 1 N–H and O–H groups in total. The number of nitrogens with one attached hydrogen (secondary N) is 1. The maximum absolute atomic E-state index is 12.6. The standard InChI is InChI=1S/C8H14FN.ClH/c1-3-4-5-6-8(9)7-10-2;/h1,8,10H,4-7H2,2H3;1H. The molecule has 0 aromatic rings. The van der Waals surface area contributed by atoms with Crippen LogP contribution in [0.1, 0.15) is 19.3 Å². The Kier molecular flexibility index (Phi) is 11.8. The Bertz CT molecular complexity index is 111. The quantitative estimate of drug-likeness (QED) is 0.501. The third-order valence-electron chi connectivity index (χ3n) is 1.26. The summed E-state index contributed by atoms with van der Waals surface area (Å²) in [4.78, 5) is 0. The van der Waals surface area contributed by atoms with Gasteiger partial charge in [-0.25, -0.2) is 4.39 Å². The van der Waals surface area contributed by atoms with Gasteiger partial charge in [-0.1, -0.05) is 0 Å². The van der Waals surface area contributed by atoms with Gasteiger partial charge in [0.05, 0.1) is 0 Å². The summed E-state index contributed by atoms with van der Waals surface area (Å²) in [5.74, 6) is 2.48. The summed E-state index contributed by atoms with van der Waals surface area (Å²) in [5, 5.41) is 2.77. The normalized spacial score (nSPS) is 11.4.